The van der Waals surface area contributed by atoms with Gasteiger partial charge in [-0.25, -0.2) is 0 Å². The Hall–Kier alpha value is -1.37. The second-order valence-electron chi connectivity index (χ2n) is 6.75. The molecular formula is C20H29N. The van der Waals surface area contributed by atoms with Crippen molar-refractivity contribution in [3.8, 4) is 0 Å². The van der Waals surface area contributed by atoms with Gasteiger partial charge in [-0.2, -0.15) is 0 Å². The summed E-state index contributed by atoms with van der Waals surface area (Å²) in [6.07, 6.45) is 17.5. The summed E-state index contributed by atoms with van der Waals surface area (Å²) in [5.41, 5.74) is 3.71. The van der Waals surface area contributed by atoms with Gasteiger partial charge in [-0.05, 0) is 62.9 Å². The number of nitrogens with zero attached hydrogens (tertiary/aromatic N) is 1. The fraction of sp³-hybridized carbons (Fsp3) is 0.550. The number of hydrogen-bond donors (Lipinski definition) is 0. The highest BCUT2D eigenvalue weighted by atomic mass is 14.9. The van der Waals surface area contributed by atoms with Crippen molar-refractivity contribution in [2.24, 2.45) is 21.7 Å². The highest BCUT2D eigenvalue weighted by molar-refractivity contribution is 5.87. The quantitative estimate of drug-likeness (QED) is 0.300. The third-order valence-corrected chi connectivity index (χ3v) is 5.50. The van der Waals surface area contributed by atoms with Crippen LogP contribution in [0.1, 0.15) is 53.4 Å². The van der Waals surface area contributed by atoms with Crippen LogP contribution in [0.3, 0.4) is 0 Å². The predicted molar refractivity (Wildman–Crippen MR) is 93.5 cm³/mol. The van der Waals surface area contributed by atoms with Gasteiger partial charge in [0.05, 0.1) is 0 Å². The molecule has 2 rings (SSSR count). The molecule has 1 unspecified atom stereocenters. The van der Waals surface area contributed by atoms with Gasteiger partial charge in [0.2, 0.25) is 0 Å². The zero-order chi connectivity index (χ0) is 15.5. The summed E-state index contributed by atoms with van der Waals surface area (Å²) in [5.74, 6) is 0.596. The molecule has 1 heteroatoms. The average molecular weight is 283 g/mol. The van der Waals surface area contributed by atoms with Gasteiger partial charge in [0.15, 0.2) is 0 Å². The van der Waals surface area contributed by atoms with Gasteiger partial charge >= 0.3 is 0 Å². The van der Waals surface area contributed by atoms with E-state index >= 15 is 0 Å². The van der Waals surface area contributed by atoms with E-state index in [9.17, 15) is 0 Å². The van der Waals surface area contributed by atoms with E-state index in [-0.39, 0.29) is 0 Å². The molecule has 0 bridgehead atoms. The zero-order valence-corrected chi connectivity index (χ0v) is 14.0. The maximum atomic E-state index is 4.75. The maximum Gasteiger partial charge on any atom is 0.0296 e. The summed E-state index contributed by atoms with van der Waals surface area (Å²) in [6.45, 7) is 12.6. The van der Waals surface area contributed by atoms with Crippen LogP contribution in [0.25, 0.3) is 0 Å². The molecular weight excluding hydrogens is 254 g/mol. The molecule has 0 aliphatic heterocycles. The summed E-state index contributed by atoms with van der Waals surface area (Å²) in [7, 11) is 0. The highest BCUT2D eigenvalue weighted by Gasteiger charge is 2.83. The SMILES string of the molecule is C=CCC(/C(C)=N/C=C(C)/C=C\C=C/C)C12CC1(CC)C2. The van der Waals surface area contributed by atoms with E-state index in [4.69, 9.17) is 4.99 Å². The Morgan fingerprint density at radius 2 is 2.00 bits per heavy atom. The molecule has 1 atom stereocenters. The van der Waals surface area contributed by atoms with Crippen molar-refractivity contribution in [2.45, 2.75) is 53.4 Å². The van der Waals surface area contributed by atoms with Crippen LogP contribution >= 0.6 is 0 Å². The van der Waals surface area contributed by atoms with Crippen molar-refractivity contribution in [2.75, 3.05) is 0 Å². The number of rotatable bonds is 8. The topological polar surface area (TPSA) is 12.4 Å². The Morgan fingerprint density at radius 1 is 1.29 bits per heavy atom. The van der Waals surface area contributed by atoms with Gasteiger partial charge in [-0.3, -0.25) is 4.99 Å². The van der Waals surface area contributed by atoms with Crippen LogP contribution in [0.5, 0.6) is 0 Å². The van der Waals surface area contributed by atoms with Crippen molar-refractivity contribution in [1.29, 1.82) is 0 Å². The second kappa shape index (κ2) is 6.17. The first-order valence-corrected chi connectivity index (χ1v) is 8.16. The molecule has 0 amide bonds. The lowest BCUT2D eigenvalue weighted by atomic mass is 9.88. The molecule has 0 aromatic rings. The van der Waals surface area contributed by atoms with Crippen molar-refractivity contribution in [3.63, 3.8) is 0 Å². The van der Waals surface area contributed by atoms with Crippen molar-refractivity contribution in [3.05, 3.63) is 48.7 Å². The first kappa shape index (κ1) is 16.0. The van der Waals surface area contributed by atoms with Crippen LogP contribution in [0, 0.1) is 16.7 Å². The number of aliphatic imine (C=N–C) groups is 1. The van der Waals surface area contributed by atoms with Gasteiger partial charge in [0.1, 0.15) is 0 Å². The first-order chi connectivity index (χ1) is 10.0. The third kappa shape index (κ3) is 2.97. The smallest absolute Gasteiger partial charge is 0.0296 e. The number of allylic oxidation sites excluding steroid dienone is 6. The van der Waals surface area contributed by atoms with Crippen molar-refractivity contribution < 1.29 is 0 Å². The van der Waals surface area contributed by atoms with E-state index in [2.05, 4.69) is 45.6 Å². The van der Waals surface area contributed by atoms with E-state index in [0.29, 0.717) is 16.7 Å². The third-order valence-electron chi connectivity index (χ3n) is 5.50. The average Bonchev–Trinajstić information content (AvgIpc) is 3.29. The summed E-state index contributed by atoms with van der Waals surface area (Å²) in [6, 6.07) is 0. The van der Waals surface area contributed by atoms with Gasteiger partial charge < -0.3 is 0 Å². The zero-order valence-electron chi connectivity index (χ0n) is 14.0. The molecule has 0 saturated heterocycles. The summed E-state index contributed by atoms with van der Waals surface area (Å²) in [5, 5.41) is 0. The van der Waals surface area contributed by atoms with Crippen LogP contribution in [0.15, 0.2) is 53.7 Å². The van der Waals surface area contributed by atoms with Crippen LogP contribution in [-0.4, -0.2) is 5.71 Å². The molecule has 21 heavy (non-hydrogen) atoms. The van der Waals surface area contributed by atoms with E-state index < -0.39 is 0 Å². The van der Waals surface area contributed by atoms with Crippen LogP contribution in [-0.2, 0) is 0 Å². The summed E-state index contributed by atoms with van der Waals surface area (Å²) < 4.78 is 0. The number of hydrogen-bond acceptors (Lipinski definition) is 1. The minimum Gasteiger partial charge on any atom is -0.265 e. The molecule has 114 valence electrons. The van der Waals surface area contributed by atoms with Gasteiger partial charge in [-0.15, -0.1) is 6.58 Å². The Kier molecular flexibility index (Phi) is 4.70. The van der Waals surface area contributed by atoms with Gasteiger partial charge in [-0.1, -0.05) is 37.3 Å². The van der Waals surface area contributed by atoms with E-state index in [1.165, 1.54) is 30.5 Å². The molecule has 0 heterocycles. The van der Waals surface area contributed by atoms with Gasteiger partial charge in [0.25, 0.3) is 0 Å². The lowest BCUT2D eigenvalue weighted by Gasteiger charge is -2.17. The molecule has 0 aromatic carbocycles. The minimum absolute atomic E-state index is 0.575. The lowest BCUT2D eigenvalue weighted by molar-refractivity contribution is 0.497. The molecule has 2 aliphatic carbocycles. The summed E-state index contributed by atoms with van der Waals surface area (Å²) in [4.78, 5) is 4.75. The Balaban J connectivity index is 2.06. The molecule has 1 nitrogen and oxygen atoms in total. The molecule has 2 saturated carbocycles. The molecule has 0 spiro atoms. The first-order valence-electron chi connectivity index (χ1n) is 8.16. The Labute approximate surface area is 130 Å². The molecule has 2 fully saturated rings. The molecule has 0 N–H and O–H groups in total. The normalized spacial score (nSPS) is 33.3. The largest absolute Gasteiger partial charge is 0.265 e. The standard InChI is InChI=1S/C20H29N/c1-6-9-10-12-16(4)13-21-17(5)18(11-7-2)20-14-19(20,8-3)15-20/h6-7,9-10,12-13,18H,2,8,11,14-15H2,1,3-5H3/b9-6-,12-10-,16-13+,21-17+. The Morgan fingerprint density at radius 3 is 2.52 bits per heavy atom. The second-order valence-corrected chi connectivity index (χ2v) is 6.75. The lowest BCUT2D eigenvalue weighted by Crippen LogP contribution is -2.17. The molecule has 2 aliphatic rings. The maximum absolute atomic E-state index is 4.75. The Bertz CT molecular complexity index is 510. The highest BCUT2D eigenvalue weighted by Crippen LogP contribution is 2.90. The van der Waals surface area contributed by atoms with Gasteiger partial charge in [0, 0.05) is 17.8 Å². The minimum atomic E-state index is 0.575. The molecule has 0 radical (unpaired) electrons. The van der Waals surface area contributed by atoms with Crippen LogP contribution < -0.4 is 0 Å². The van der Waals surface area contributed by atoms with E-state index in [1.807, 2.05) is 25.3 Å². The fourth-order valence-electron chi connectivity index (χ4n) is 3.90. The van der Waals surface area contributed by atoms with E-state index in [1.54, 1.807) is 0 Å². The predicted octanol–water partition coefficient (Wildman–Crippen LogP) is 5.87. The van der Waals surface area contributed by atoms with Crippen LogP contribution in [0.4, 0.5) is 0 Å². The number of fused-ring (bicyclic) bond motifs is 1. The fourth-order valence-corrected chi connectivity index (χ4v) is 3.90. The van der Waals surface area contributed by atoms with Crippen molar-refractivity contribution in [1.82, 2.24) is 0 Å². The molecule has 0 aromatic heterocycles. The monoisotopic (exact) mass is 283 g/mol. The van der Waals surface area contributed by atoms with E-state index in [0.717, 1.165) is 6.42 Å². The van der Waals surface area contributed by atoms with Crippen LogP contribution in [0.2, 0.25) is 0 Å². The summed E-state index contributed by atoms with van der Waals surface area (Å²) >= 11 is 0. The van der Waals surface area contributed by atoms with Crippen molar-refractivity contribution >= 4 is 5.71 Å².